The van der Waals surface area contributed by atoms with Crippen LogP contribution < -0.4 is 0 Å². The molecule has 1 aromatic carbocycles. The molecule has 3 heterocycles. The maximum atomic E-state index is 13.3. The molecule has 2 bridgehead atoms. The second-order valence-electron chi connectivity index (χ2n) is 7.30. The number of rotatable bonds is 5. The summed E-state index contributed by atoms with van der Waals surface area (Å²) in [5, 5.41) is 0. The maximum Gasteiger partial charge on any atom is 0.411 e. The zero-order chi connectivity index (χ0) is 17.4. The van der Waals surface area contributed by atoms with Crippen LogP contribution in [0.2, 0.25) is 0 Å². The van der Waals surface area contributed by atoms with Gasteiger partial charge in [-0.2, -0.15) is 0 Å². The second kappa shape index (κ2) is 6.79. The lowest BCUT2D eigenvalue weighted by Gasteiger charge is -2.40. The van der Waals surface area contributed by atoms with E-state index >= 15 is 0 Å². The van der Waals surface area contributed by atoms with Gasteiger partial charge in [0, 0.05) is 5.92 Å². The largest absolute Gasteiger partial charge is 0.447 e. The molecule has 0 spiro atoms. The molecule has 0 saturated carbocycles. The van der Waals surface area contributed by atoms with Crippen LogP contribution in [0.1, 0.15) is 50.6 Å². The van der Waals surface area contributed by atoms with E-state index in [1.54, 1.807) is 4.90 Å². The van der Waals surface area contributed by atoms with Gasteiger partial charge in [0.05, 0.1) is 18.2 Å². The van der Waals surface area contributed by atoms with Crippen molar-refractivity contribution in [2.45, 2.75) is 63.3 Å². The zero-order valence-electron chi connectivity index (χ0n) is 14.6. The lowest BCUT2D eigenvalue weighted by Crippen LogP contribution is -2.56. The van der Waals surface area contributed by atoms with Crippen molar-refractivity contribution in [1.29, 1.82) is 0 Å². The molecule has 3 fully saturated rings. The first-order valence-electron chi connectivity index (χ1n) is 9.40. The molecule has 25 heavy (non-hydrogen) atoms. The average molecular weight is 343 g/mol. The Labute approximate surface area is 148 Å². The van der Waals surface area contributed by atoms with Crippen molar-refractivity contribution < 1.29 is 19.1 Å². The highest BCUT2D eigenvalue weighted by atomic mass is 16.6. The molecule has 0 unspecified atom stereocenters. The topological polar surface area (TPSA) is 55.8 Å². The summed E-state index contributed by atoms with van der Waals surface area (Å²) in [7, 11) is 0. The fourth-order valence-corrected chi connectivity index (χ4v) is 4.54. The third-order valence-corrected chi connectivity index (χ3v) is 5.81. The summed E-state index contributed by atoms with van der Waals surface area (Å²) in [6, 6.07) is 9.09. The van der Waals surface area contributed by atoms with Crippen molar-refractivity contribution in [3.63, 3.8) is 0 Å². The average Bonchev–Trinajstić information content (AvgIpc) is 3.22. The number of fused-ring (bicyclic) bond motifs is 2. The van der Waals surface area contributed by atoms with Gasteiger partial charge in [0.2, 0.25) is 0 Å². The fraction of sp³-hybridized carbons (Fsp3) is 0.600. The molecule has 3 aliphatic heterocycles. The minimum atomic E-state index is -0.513. The number of hydrogen-bond acceptors (Lipinski definition) is 4. The molecular formula is C20H25NO4. The van der Waals surface area contributed by atoms with Gasteiger partial charge in [-0.05, 0) is 24.8 Å². The number of ketones is 1. The zero-order valence-corrected chi connectivity index (χ0v) is 14.6. The summed E-state index contributed by atoms with van der Waals surface area (Å²) in [6.45, 7) is 2.43. The van der Waals surface area contributed by atoms with E-state index < -0.39 is 12.1 Å². The molecule has 5 nitrogen and oxygen atoms in total. The molecule has 0 aromatic heterocycles. The molecule has 1 amide bonds. The van der Waals surface area contributed by atoms with Crippen LogP contribution in [0.3, 0.4) is 0 Å². The van der Waals surface area contributed by atoms with Gasteiger partial charge < -0.3 is 9.47 Å². The summed E-state index contributed by atoms with van der Waals surface area (Å²) < 4.78 is 11.5. The van der Waals surface area contributed by atoms with Crippen molar-refractivity contribution in [2.75, 3.05) is 6.61 Å². The summed E-state index contributed by atoms with van der Waals surface area (Å²) in [5.74, 6) is 0.0838. The number of hydrogen-bond donors (Lipinski definition) is 0. The van der Waals surface area contributed by atoms with E-state index in [0.717, 1.165) is 37.7 Å². The molecule has 5 atom stereocenters. The lowest BCUT2D eigenvalue weighted by atomic mass is 9.85. The fourth-order valence-electron chi connectivity index (χ4n) is 4.54. The second-order valence-corrected chi connectivity index (χ2v) is 7.30. The number of Topliss-reactive ketones (excluding diaryl/α,β-unsaturated/α-hetero) is 1. The number of amides is 1. The number of nitrogens with zero attached hydrogens (tertiary/aromatic N) is 1. The number of benzene rings is 1. The van der Waals surface area contributed by atoms with E-state index in [0.29, 0.717) is 6.61 Å². The van der Waals surface area contributed by atoms with Crippen LogP contribution in [0.15, 0.2) is 30.3 Å². The molecule has 4 rings (SSSR count). The van der Waals surface area contributed by atoms with Gasteiger partial charge in [0.15, 0.2) is 5.78 Å². The van der Waals surface area contributed by atoms with Crippen molar-refractivity contribution in [1.82, 2.24) is 4.90 Å². The molecule has 0 N–H and O–H groups in total. The monoisotopic (exact) mass is 343 g/mol. The first kappa shape index (κ1) is 16.6. The third kappa shape index (κ3) is 2.84. The Morgan fingerprint density at radius 2 is 1.88 bits per heavy atom. The first-order valence-corrected chi connectivity index (χ1v) is 9.40. The minimum absolute atomic E-state index is 0.0362. The highest BCUT2D eigenvalue weighted by molar-refractivity contribution is 5.92. The summed E-state index contributed by atoms with van der Waals surface area (Å²) in [5.41, 5.74) is 1.01. The van der Waals surface area contributed by atoms with Crippen molar-refractivity contribution in [2.24, 2.45) is 5.92 Å². The molecule has 1 aromatic rings. The predicted octanol–water partition coefficient (Wildman–Crippen LogP) is 3.49. The first-order chi connectivity index (χ1) is 12.2. The smallest absolute Gasteiger partial charge is 0.411 e. The Hall–Kier alpha value is -1.88. The predicted molar refractivity (Wildman–Crippen MR) is 92.1 cm³/mol. The van der Waals surface area contributed by atoms with Crippen LogP contribution in [-0.4, -0.2) is 41.6 Å². The van der Waals surface area contributed by atoms with E-state index in [2.05, 4.69) is 6.92 Å². The van der Waals surface area contributed by atoms with E-state index in [1.807, 2.05) is 30.3 Å². The molecule has 3 aliphatic rings. The van der Waals surface area contributed by atoms with Crippen LogP contribution in [0.25, 0.3) is 0 Å². The molecule has 3 saturated heterocycles. The van der Waals surface area contributed by atoms with Crippen molar-refractivity contribution in [3.05, 3.63) is 35.9 Å². The number of carbonyl (C=O) groups excluding carboxylic acids is 2. The molecule has 0 aliphatic carbocycles. The lowest BCUT2D eigenvalue weighted by molar-refractivity contribution is -0.149. The van der Waals surface area contributed by atoms with Crippen LogP contribution in [0, 0.1) is 5.92 Å². The molecule has 0 radical (unpaired) electrons. The normalized spacial score (nSPS) is 34.4. The van der Waals surface area contributed by atoms with E-state index in [1.165, 1.54) is 0 Å². The van der Waals surface area contributed by atoms with Gasteiger partial charge in [-0.25, -0.2) is 4.79 Å². The Bertz CT molecular complexity index is 646. The highest BCUT2D eigenvalue weighted by Gasteiger charge is 2.54. The van der Waals surface area contributed by atoms with Gasteiger partial charge in [-0.1, -0.05) is 50.1 Å². The van der Waals surface area contributed by atoms with Crippen LogP contribution in [0.4, 0.5) is 4.79 Å². The quantitative estimate of drug-likeness (QED) is 0.821. The van der Waals surface area contributed by atoms with E-state index in [4.69, 9.17) is 9.47 Å². The molecular weight excluding hydrogens is 318 g/mol. The summed E-state index contributed by atoms with van der Waals surface area (Å²) in [4.78, 5) is 27.4. The van der Waals surface area contributed by atoms with Crippen molar-refractivity contribution in [3.8, 4) is 0 Å². The third-order valence-electron chi connectivity index (χ3n) is 5.81. The SMILES string of the molecule is CCCC[C@H]1C(=O)[C@@H](N2C(=O)OC[C@H]2c2ccccc2)[C@H]2CC[C@@H]1O2. The van der Waals surface area contributed by atoms with Crippen molar-refractivity contribution >= 4 is 11.9 Å². The van der Waals surface area contributed by atoms with Gasteiger partial charge in [0.1, 0.15) is 12.6 Å². The number of unbranched alkanes of at least 4 members (excludes halogenated alkanes) is 1. The minimum Gasteiger partial charge on any atom is -0.447 e. The number of ether oxygens (including phenoxy) is 2. The maximum absolute atomic E-state index is 13.3. The molecule has 134 valence electrons. The molecule has 5 heteroatoms. The van der Waals surface area contributed by atoms with Gasteiger partial charge in [0.25, 0.3) is 0 Å². The van der Waals surface area contributed by atoms with E-state index in [9.17, 15) is 9.59 Å². The van der Waals surface area contributed by atoms with Crippen LogP contribution >= 0.6 is 0 Å². The number of cyclic esters (lactones) is 1. The standard InChI is InChI=1S/C20H25NO4/c1-2-3-9-14-16-10-11-17(25-16)18(19(14)22)21-15(12-24-20(21)23)13-7-5-4-6-8-13/h4-8,14-18H,2-3,9-12H2,1H3/t14-,15+,16+,17-,18+/m1/s1. The van der Waals surface area contributed by atoms with Crippen LogP contribution in [0.5, 0.6) is 0 Å². The van der Waals surface area contributed by atoms with Gasteiger partial charge in [-0.3, -0.25) is 9.69 Å². The highest BCUT2D eigenvalue weighted by Crippen LogP contribution is 2.42. The van der Waals surface area contributed by atoms with Crippen LogP contribution in [-0.2, 0) is 14.3 Å². The number of carbonyl (C=O) groups is 2. The Morgan fingerprint density at radius 3 is 2.64 bits per heavy atom. The Balaban J connectivity index is 1.64. The van der Waals surface area contributed by atoms with Gasteiger partial charge >= 0.3 is 6.09 Å². The van der Waals surface area contributed by atoms with Gasteiger partial charge in [-0.15, -0.1) is 0 Å². The summed E-state index contributed by atoms with van der Waals surface area (Å²) in [6.07, 6.45) is 4.14. The summed E-state index contributed by atoms with van der Waals surface area (Å²) >= 11 is 0. The Morgan fingerprint density at radius 1 is 1.12 bits per heavy atom. The Kier molecular flexibility index (Phi) is 4.50. The van der Waals surface area contributed by atoms with E-state index in [-0.39, 0.29) is 30.0 Å².